The van der Waals surface area contributed by atoms with Crippen molar-refractivity contribution in [2.45, 2.75) is 31.7 Å². The smallest absolute Gasteiger partial charge is 0.308 e. The molecule has 1 heterocycles. The first-order chi connectivity index (χ1) is 7.09. The number of hydrogen-bond donors (Lipinski definition) is 2. The van der Waals surface area contributed by atoms with Crippen molar-refractivity contribution in [1.82, 2.24) is 0 Å². The van der Waals surface area contributed by atoms with Crippen molar-refractivity contribution in [3.8, 4) is 0 Å². The second-order valence-corrected chi connectivity index (χ2v) is 3.51. The van der Waals surface area contributed by atoms with Gasteiger partial charge in [0, 0.05) is 6.42 Å². The Morgan fingerprint density at radius 1 is 1.60 bits per heavy atom. The minimum Gasteiger partial charge on any atom is -0.439 e. The lowest BCUT2D eigenvalue weighted by Gasteiger charge is -2.22. The van der Waals surface area contributed by atoms with Gasteiger partial charge in [0.2, 0.25) is 0 Å². The summed E-state index contributed by atoms with van der Waals surface area (Å²) in [5, 5.41) is 17.2. The van der Waals surface area contributed by atoms with Crippen LogP contribution >= 0.6 is 0 Å². The van der Waals surface area contributed by atoms with E-state index in [4.69, 9.17) is 19.7 Å². The fraction of sp³-hybridized carbons (Fsp3) is 0.889. The van der Waals surface area contributed by atoms with E-state index < -0.39 is 18.5 Å². The molecule has 0 aromatic heterocycles. The Kier molecular flexibility index (Phi) is 4.46. The Balaban J connectivity index is 2.29. The average molecular weight is 220 g/mol. The molecule has 1 saturated heterocycles. The van der Waals surface area contributed by atoms with Crippen LogP contribution in [0.2, 0.25) is 0 Å². The van der Waals surface area contributed by atoms with Gasteiger partial charge in [-0.1, -0.05) is 0 Å². The maximum absolute atomic E-state index is 11.0. The predicted octanol–water partition coefficient (Wildman–Crippen LogP) is -0.617. The van der Waals surface area contributed by atoms with Crippen molar-refractivity contribution >= 4 is 5.97 Å². The topological polar surface area (TPSA) is 85.2 Å². The van der Waals surface area contributed by atoms with Gasteiger partial charge in [0.25, 0.3) is 0 Å². The molecule has 2 N–H and O–H groups in total. The lowest BCUT2D eigenvalue weighted by atomic mass is 10.2. The van der Waals surface area contributed by atoms with Crippen LogP contribution < -0.4 is 0 Å². The van der Waals surface area contributed by atoms with Crippen LogP contribution in [0.15, 0.2) is 0 Å². The molecule has 0 amide bonds. The molecule has 0 aliphatic carbocycles. The molecular weight excluding hydrogens is 204 g/mol. The van der Waals surface area contributed by atoms with Crippen molar-refractivity contribution in [3.05, 3.63) is 0 Å². The van der Waals surface area contributed by atoms with Crippen LogP contribution in [0.25, 0.3) is 0 Å². The van der Waals surface area contributed by atoms with E-state index in [1.165, 1.54) is 0 Å². The fourth-order valence-corrected chi connectivity index (χ4v) is 1.38. The van der Waals surface area contributed by atoms with E-state index in [1.807, 2.05) is 0 Å². The Labute approximate surface area is 87.7 Å². The number of hydrogen-bond acceptors (Lipinski definition) is 6. The highest BCUT2D eigenvalue weighted by Gasteiger charge is 2.37. The van der Waals surface area contributed by atoms with Crippen LogP contribution in [-0.2, 0) is 19.0 Å². The summed E-state index contributed by atoms with van der Waals surface area (Å²) >= 11 is 0. The molecule has 0 radical (unpaired) electrons. The second kappa shape index (κ2) is 5.41. The molecule has 1 aliphatic heterocycles. The molecule has 0 spiro atoms. The summed E-state index contributed by atoms with van der Waals surface area (Å²) in [5.41, 5.74) is 0. The highest BCUT2D eigenvalue weighted by Crippen LogP contribution is 2.27. The van der Waals surface area contributed by atoms with E-state index in [-0.39, 0.29) is 19.1 Å². The van der Waals surface area contributed by atoms with Crippen molar-refractivity contribution in [2.24, 2.45) is 0 Å². The van der Waals surface area contributed by atoms with Gasteiger partial charge in [0.15, 0.2) is 12.6 Å². The van der Waals surface area contributed by atoms with Gasteiger partial charge in [0.1, 0.15) is 6.10 Å². The van der Waals surface area contributed by atoms with Crippen LogP contribution in [-0.4, -0.2) is 48.1 Å². The maximum Gasteiger partial charge on any atom is 0.308 e. The first-order valence-corrected chi connectivity index (χ1v) is 4.79. The van der Waals surface area contributed by atoms with Crippen LogP contribution in [0.5, 0.6) is 0 Å². The lowest BCUT2D eigenvalue weighted by molar-refractivity contribution is -0.173. The highest BCUT2D eigenvalue weighted by atomic mass is 16.7. The van der Waals surface area contributed by atoms with Gasteiger partial charge in [-0.2, -0.15) is 0 Å². The van der Waals surface area contributed by atoms with Crippen molar-refractivity contribution < 1.29 is 29.2 Å². The molecular formula is C9H16O6. The summed E-state index contributed by atoms with van der Waals surface area (Å²) < 4.78 is 15.1. The number of carbonyl (C=O) groups excluding carboxylic acids is 1. The normalized spacial score (nSPS) is 30.5. The molecule has 1 fully saturated rings. The molecule has 6 heteroatoms. The average Bonchev–Trinajstić information content (AvgIpc) is 2.59. The molecule has 0 aromatic carbocycles. The van der Waals surface area contributed by atoms with Gasteiger partial charge in [-0.05, 0) is 6.92 Å². The summed E-state index contributed by atoms with van der Waals surface area (Å²) in [7, 11) is 0. The molecule has 15 heavy (non-hydrogen) atoms. The third-order valence-corrected chi connectivity index (χ3v) is 2.20. The van der Waals surface area contributed by atoms with Gasteiger partial charge >= 0.3 is 5.97 Å². The third-order valence-electron chi connectivity index (χ3n) is 2.20. The van der Waals surface area contributed by atoms with E-state index in [0.29, 0.717) is 13.0 Å². The zero-order valence-corrected chi connectivity index (χ0v) is 8.64. The summed E-state index contributed by atoms with van der Waals surface area (Å²) in [6.07, 6.45) is 0.112. The minimum atomic E-state index is -0.845. The quantitative estimate of drug-likeness (QED) is 0.474. The standard InChI is InChI=1S/C9H16O6/c1-9(3-2-8(12)13-6-11)14-5-7(4-10)15-9/h7,10-11H,2-6H2,1H3. The number of ether oxygens (including phenoxy) is 3. The largest absolute Gasteiger partial charge is 0.439 e. The van der Waals surface area contributed by atoms with Crippen LogP contribution in [0.1, 0.15) is 19.8 Å². The first kappa shape index (κ1) is 12.4. The van der Waals surface area contributed by atoms with Gasteiger partial charge < -0.3 is 24.4 Å². The zero-order valence-electron chi connectivity index (χ0n) is 8.64. The predicted molar refractivity (Wildman–Crippen MR) is 48.7 cm³/mol. The second-order valence-electron chi connectivity index (χ2n) is 3.51. The van der Waals surface area contributed by atoms with E-state index in [2.05, 4.69) is 4.74 Å². The SMILES string of the molecule is CC1(CCC(=O)OCO)OCC(CO)O1. The molecule has 2 atom stereocenters. The van der Waals surface area contributed by atoms with Gasteiger partial charge in [0.05, 0.1) is 19.6 Å². The highest BCUT2D eigenvalue weighted by molar-refractivity contribution is 5.69. The number of carbonyl (C=O) groups is 1. The Bertz CT molecular complexity index is 219. The minimum absolute atomic E-state index is 0.101. The monoisotopic (exact) mass is 220 g/mol. The lowest BCUT2D eigenvalue weighted by Crippen LogP contribution is -2.28. The van der Waals surface area contributed by atoms with Crippen molar-refractivity contribution in [3.63, 3.8) is 0 Å². The first-order valence-electron chi connectivity index (χ1n) is 4.79. The number of aliphatic hydroxyl groups is 2. The van der Waals surface area contributed by atoms with E-state index >= 15 is 0 Å². The van der Waals surface area contributed by atoms with E-state index in [1.54, 1.807) is 6.92 Å². The van der Waals surface area contributed by atoms with Gasteiger partial charge in [-0.15, -0.1) is 0 Å². The number of rotatable bonds is 5. The number of esters is 1. The third kappa shape index (κ3) is 3.75. The maximum atomic E-state index is 11.0. The van der Waals surface area contributed by atoms with Crippen molar-refractivity contribution in [2.75, 3.05) is 20.0 Å². The molecule has 0 bridgehead atoms. The fourth-order valence-electron chi connectivity index (χ4n) is 1.38. The molecule has 2 unspecified atom stereocenters. The summed E-state index contributed by atoms with van der Waals surface area (Å²) in [6, 6.07) is 0. The Hall–Kier alpha value is -0.690. The van der Waals surface area contributed by atoms with Crippen LogP contribution in [0.4, 0.5) is 0 Å². The van der Waals surface area contributed by atoms with Crippen LogP contribution in [0.3, 0.4) is 0 Å². The Morgan fingerprint density at radius 2 is 2.33 bits per heavy atom. The molecule has 1 aliphatic rings. The van der Waals surface area contributed by atoms with Gasteiger partial charge in [-0.25, -0.2) is 0 Å². The van der Waals surface area contributed by atoms with Crippen molar-refractivity contribution in [1.29, 1.82) is 0 Å². The molecule has 1 rings (SSSR count). The van der Waals surface area contributed by atoms with Crippen LogP contribution in [0, 0.1) is 0 Å². The number of aliphatic hydroxyl groups excluding tert-OH is 2. The zero-order chi connectivity index (χ0) is 11.3. The van der Waals surface area contributed by atoms with E-state index in [9.17, 15) is 4.79 Å². The summed E-state index contributed by atoms with van der Waals surface area (Å²) in [4.78, 5) is 11.0. The summed E-state index contributed by atoms with van der Waals surface area (Å²) in [5.74, 6) is -1.35. The van der Waals surface area contributed by atoms with E-state index in [0.717, 1.165) is 0 Å². The Morgan fingerprint density at radius 3 is 2.87 bits per heavy atom. The molecule has 0 aromatic rings. The molecule has 88 valence electrons. The molecule has 0 saturated carbocycles. The summed E-state index contributed by atoms with van der Waals surface area (Å²) in [6.45, 7) is 1.31. The van der Waals surface area contributed by atoms with Gasteiger partial charge in [-0.3, -0.25) is 4.79 Å². The molecule has 6 nitrogen and oxygen atoms in total.